The van der Waals surface area contributed by atoms with Crippen LogP contribution in [0, 0.1) is 0 Å². The lowest BCUT2D eigenvalue weighted by atomic mass is 10.1. The summed E-state index contributed by atoms with van der Waals surface area (Å²) in [5.74, 6) is -2.84. The van der Waals surface area contributed by atoms with E-state index >= 15 is 0 Å². The predicted octanol–water partition coefficient (Wildman–Crippen LogP) is 1.98. The molecule has 1 heterocycles. The zero-order chi connectivity index (χ0) is 9.90. The summed E-state index contributed by atoms with van der Waals surface area (Å²) in [5.41, 5.74) is 5.39. The Kier molecular flexibility index (Phi) is 3.33. The monoisotopic (exact) mass is 250 g/mol. The summed E-state index contributed by atoms with van der Waals surface area (Å²) in [4.78, 5) is 3.84. The van der Waals surface area contributed by atoms with Gasteiger partial charge in [-0.15, -0.1) is 0 Å². The van der Waals surface area contributed by atoms with E-state index in [1.807, 2.05) is 0 Å². The zero-order valence-electron chi connectivity index (χ0n) is 6.80. The van der Waals surface area contributed by atoms with E-state index in [2.05, 4.69) is 20.9 Å². The molecule has 0 radical (unpaired) electrons. The van der Waals surface area contributed by atoms with Crippen LogP contribution in [0.1, 0.15) is 5.56 Å². The maximum absolute atomic E-state index is 12.8. The maximum Gasteiger partial charge on any atom is 0.264 e. The highest BCUT2D eigenvalue weighted by Gasteiger charge is 2.26. The fraction of sp³-hybridized carbons (Fsp3) is 0.375. The molecule has 0 aliphatic heterocycles. The van der Waals surface area contributed by atoms with Gasteiger partial charge in [-0.3, -0.25) is 0 Å². The molecular formula is C8H9BrF2N2. The van der Waals surface area contributed by atoms with Crippen LogP contribution in [0.4, 0.5) is 8.78 Å². The van der Waals surface area contributed by atoms with Crippen molar-refractivity contribution in [2.24, 2.45) is 5.73 Å². The lowest BCUT2D eigenvalue weighted by Gasteiger charge is -2.12. The van der Waals surface area contributed by atoms with Crippen LogP contribution in [0.5, 0.6) is 0 Å². The maximum atomic E-state index is 12.8. The van der Waals surface area contributed by atoms with E-state index in [9.17, 15) is 8.78 Å². The number of pyridine rings is 1. The third-order valence-electron chi connectivity index (χ3n) is 1.55. The van der Waals surface area contributed by atoms with Gasteiger partial charge in [-0.05, 0) is 27.6 Å². The summed E-state index contributed by atoms with van der Waals surface area (Å²) in [7, 11) is 0. The van der Waals surface area contributed by atoms with Gasteiger partial charge in [0.25, 0.3) is 5.92 Å². The van der Waals surface area contributed by atoms with Crippen LogP contribution >= 0.6 is 15.9 Å². The molecule has 0 saturated heterocycles. The predicted molar refractivity (Wildman–Crippen MR) is 49.6 cm³/mol. The van der Waals surface area contributed by atoms with Gasteiger partial charge in [0.15, 0.2) is 0 Å². The molecule has 13 heavy (non-hydrogen) atoms. The summed E-state index contributed by atoms with van der Waals surface area (Å²) in [6.45, 7) is -0.636. The minimum absolute atomic E-state index is 0.357. The number of hydrogen-bond acceptors (Lipinski definition) is 2. The summed E-state index contributed by atoms with van der Waals surface area (Å²) in [6, 6.07) is 3.22. The Bertz CT molecular complexity index is 274. The van der Waals surface area contributed by atoms with E-state index in [1.54, 1.807) is 12.1 Å². The van der Waals surface area contributed by atoms with Crippen molar-refractivity contribution < 1.29 is 8.78 Å². The van der Waals surface area contributed by atoms with Crippen molar-refractivity contribution in [2.75, 3.05) is 6.54 Å². The van der Waals surface area contributed by atoms with Crippen molar-refractivity contribution in [2.45, 2.75) is 12.3 Å². The third-order valence-corrected chi connectivity index (χ3v) is 2.02. The van der Waals surface area contributed by atoms with Crippen LogP contribution in [-0.4, -0.2) is 17.5 Å². The number of hydrogen-bond donors (Lipinski definition) is 1. The second-order valence-electron chi connectivity index (χ2n) is 2.73. The smallest absolute Gasteiger partial charge is 0.264 e. The van der Waals surface area contributed by atoms with Gasteiger partial charge in [-0.1, -0.05) is 6.07 Å². The molecule has 0 fully saturated rings. The first-order valence-corrected chi connectivity index (χ1v) is 4.51. The van der Waals surface area contributed by atoms with Crippen LogP contribution in [0.2, 0.25) is 0 Å². The Hall–Kier alpha value is -0.550. The van der Waals surface area contributed by atoms with Crippen molar-refractivity contribution in [3.05, 3.63) is 28.5 Å². The largest absolute Gasteiger partial charge is 0.325 e. The molecule has 0 atom stereocenters. The molecule has 0 aliphatic carbocycles. The molecule has 1 rings (SSSR count). The number of halogens is 3. The van der Waals surface area contributed by atoms with Crippen molar-refractivity contribution in [3.8, 4) is 0 Å². The quantitative estimate of drug-likeness (QED) is 0.834. The lowest BCUT2D eigenvalue weighted by Crippen LogP contribution is -2.30. The molecule has 2 N–H and O–H groups in total. The summed E-state index contributed by atoms with van der Waals surface area (Å²) in [5, 5.41) is 0. The fourth-order valence-corrected chi connectivity index (χ4v) is 1.12. The number of rotatable bonds is 3. The van der Waals surface area contributed by atoms with Crippen LogP contribution in [0.25, 0.3) is 0 Å². The molecule has 0 spiro atoms. The Balaban J connectivity index is 2.69. The van der Waals surface area contributed by atoms with Crippen LogP contribution in [0.15, 0.2) is 22.9 Å². The van der Waals surface area contributed by atoms with E-state index in [4.69, 9.17) is 5.73 Å². The molecule has 0 saturated carbocycles. The first-order chi connectivity index (χ1) is 6.03. The Morgan fingerprint density at radius 3 is 2.62 bits per heavy atom. The topological polar surface area (TPSA) is 38.9 Å². The van der Waals surface area contributed by atoms with Gasteiger partial charge >= 0.3 is 0 Å². The van der Waals surface area contributed by atoms with Crippen molar-refractivity contribution in [1.29, 1.82) is 0 Å². The van der Waals surface area contributed by atoms with Gasteiger partial charge in [-0.2, -0.15) is 0 Å². The minimum atomic E-state index is -2.84. The van der Waals surface area contributed by atoms with E-state index < -0.39 is 12.5 Å². The average molecular weight is 251 g/mol. The number of nitrogens with two attached hydrogens (primary N) is 1. The van der Waals surface area contributed by atoms with Crippen molar-refractivity contribution in [3.63, 3.8) is 0 Å². The highest BCUT2D eigenvalue weighted by Crippen LogP contribution is 2.18. The normalized spacial score (nSPS) is 11.7. The fourth-order valence-electron chi connectivity index (χ4n) is 0.882. The molecule has 0 aliphatic rings. The van der Waals surface area contributed by atoms with Gasteiger partial charge in [-0.25, -0.2) is 13.8 Å². The lowest BCUT2D eigenvalue weighted by molar-refractivity contribution is 0.0114. The molecule has 5 heteroatoms. The first kappa shape index (κ1) is 10.5. The number of aromatic nitrogens is 1. The highest BCUT2D eigenvalue weighted by atomic mass is 79.9. The molecule has 0 aromatic carbocycles. The van der Waals surface area contributed by atoms with E-state index in [0.717, 1.165) is 0 Å². The summed E-state index contributed by atoms with van der Waals surface area (Å²) in [6.07, 6.45) is 1.05. The minimum Gasteiger partial charge on any atom is -0.325 e. The van der Waals surface area contributed by atoms with Gasteiger partial charge in [0, 0.05) is 12.6 Å². The third kappa shape index (κ3) is 3.36. The molecule has 0 bridgehead atoms. The number of nitrogens with zero attached hydrogens (tertiary/aromatic N) is 1. The summed E-state index contributed by atoms with van der Waals surface area (Å²) >= 11 is 3.12. The van der Waals surface area contributed by atoms with Crippen molar-refractivity contribution >= 4 is 15.9 Å². The zero-order valence-corrected chi connectivity index (χ0v) is 8.39. The molecule has 0 unspecified atom stereocenters. The van der Waals surface area contributed by atoms with Gasteiger partial charge in [0.1, 0.15) is 4.60 Å². The van der Waals surface area contributed by atoms with Crippen LogP contribution in [0.3, 0.4) is 0 Å². The standard InChI is InChI=1S/C8H9BrF2N2/c9-7-2-1-6(4-13-7)3-8(10,11)5-12/h1-2,4H,3,5,12H2. The highest BCUT2D eigenvalue weighted by molar-refractivity contribution is 9.10. The second-order valence-corrected chi connectivity index (χ2v) is 3.54. The SMILES string of the molecule is NCC(F)(F)Cc1ccc(Br)nc1. The Morgan fingerprint density at radius 2 is 2.15 bits per heavy atom. The van der Waals surface area contributed by atoms with Gasteiger partial charge in [0.05, 0.1) is 6.54 Å². The Morgan fingerprint density at radius 1 is 1.46 bits per heavy atom. The van der Waals surface area contributed by atoms with E-state index in [1.165, 1.54) is 6.20 Å². The van der Waals surface area contributed by atoms with Crippen molar-refractivity contribution in [1.82, 2.24) is 4.98 Å². The Labute approximate surface area is 83.3 Å². The molecule has 0 amide bonds. The van der Waals surface area contributed by atoms with Crippen LogP contribution in [-0.2, 0) is 6.42 Å². The molecule has 72 valence electrons. The second kappa shape index (κ2) is 4.11. The molecular weight excluding hydrogens is 242 g/mol. The van der Waals surface area contributed by atoms with Crippen LogP contribution < -0.4 is 5.73 Å². The molecule has 2 nitrogen and oxygen atoms in total. The average Bonchev–Trinajstić information content (AvgIpc) is 2.09. The van der Waals surface area contributed by atoms with E-state index in [0.29, 0.717) is 10.2 Å². The molecule has 1 aromatic rings. The van der Waals surface area contributed by atoms with Gasteiger partial charge < -0.3 is 5.73 Å². The number of alkyl halides is 2. The molecule has 1 aromatic heterocycles. The van der Waals surface area contributed by atoms with Gasteiger partial charge in [0.2, 0.25) is 0 Å². The van der Waals surface area contributed by atoms with E-state index in [-0.39, 0.29) is 6.42 Å². The first-order valence-electron chi connectivity index (χ1n) is 3.72. The summed E-state index contributed by atoms with van der Waals surface area (Å²) < 4.78 is 26.2.